The maximum absolute atomic E-state index is 12.2. The number of nitrogens with one attached hydrogen (secondary N) is 1. The molecular formula is C25H45NO3. The first-order valence-electron chi connectivity index (χ1n) is 12.3. The molecule has 2 N–H and O–H groups in total. The lowest BCUT2D eigenvalue weighted by molar-refractivity contribution is -0.149. The molecule has 0 aromatic carbocycles. The Hall–Kier alpha value is -1.32. The van der Waals surface area contributed by atoms with Gasteiger partial charge < -0.3 is 10.4 Å². The number of hydrogen-bond donors (Lipinski definition) is 2. The molecule has 0 spiro atoms. The molecular weight excluding hydrogens is 362 g/mol. The van der Waals surface area contributed by atoms with Crippen molar-refractivity contribution in [2.45, 2.75) is 134 Å². The van der Waals surface area contributed by atoms with E-state index in [0.717, 1.165) is 44.9 Å². The molecule has 0 radical (unpaired) electrons. The van der Waals surface area contributed by atoms with Crippen LogP contribution < -0.4 is 5.32 Å². The monoisotopic (exact) mass is 407 g/mol. The molecule has 4 nitrogen and oxygen atoms in total. The van der Waals surface area contributed by atoms with E-state index >= 15 is 0 Å². The molecule has 0 aromatic rings. The van der Waals surface area contributed by atoms with Crippen molar-refractivity contribution in [2.75, 3.05) is 0 Å². The van der Waals surface area contributed by atoms with Crippen LogP contribution in [-0.4, -0.2) is 22.5 Å². The number of carbonyl (C=O) groups is 2. The predicted octanol–water partition coefficient (Wildman–Crippen LogP) is 6.93. The van der Waals surface area contributed by atoms with Crippen LogP contribution >= 0.6 is 0 Å². The van der Waals surface area contributed by atoms with Crippen LogP contribution in [0.15, 0.2) is 12.2 Å². The Kier molecular flexibility index (Phi) is 14.6. The molecule has 1 aliphatic carbocycles. The first-order chi connectivity index (χ1) is 14.1. The van der Waals surface area contributed by atoms with E-state index in [-0.39, 0.29) is 5.91 Å². The fraction of sp³-hybridized carbons (Fsp3) is 0.840. The third-order valence-corrected chi connectivity index (χ3v) is 6.16. The summed E-state index contributed by atoms with van der Waals surface area (Å²) < 4.78 is 0. The van der Waals surface area contributed by atoms with Gasteiger partial charge in [-0.15, -0.1) is 0 Å². The van der Waals surface area contributed by atoms with Crippen molar-refractivity contribution in [2.24, 2.45) is 0 Å². The fourth-order valence-corrected chi connectivity index (χ4v) is 4.23. The Bertz CT molecular complexity index is 467. The van der Waals surface area contributed by atoms with Crippen LogP contribution in [0.5, 0.6) is 0 Å². The van der Waals surface area contributed by atoms with E-state index < -0.39 is 11.5 Å². The van der Waals surface area contributed by atoms with Gasteiger partial charge in [0.25, 0.3) is 0 Å². The molecule has 1 amide bonds. The molecule has 1 saturated carbocycles. The SMILES string of the molecule is CCCCCCCC/C=C/CCCCCCCC(=O)NC1(C(=O)O)CCCCC1. The standard InChI is InChI=1S/C25H45NO3/c1-2-3-4-5-6-7-8-9-10-11-12-13-14-15-17-20-23(27)26-25(24(28)29)21-18-16-19-22-25/h9-10H,2-8,11-22H2,1H3,(H,26,27)(H,28,29)/b10-9+. The molecule has 168 valence electrons. The number of unbranched alkanes of at least 4 members (excludes halogenated alkanes) is 11. The van der Waals surface area contributed by atoms with Crippen molar-refractivity contribution < 1.29 is 14.7 Å². The maximum Gasteiger partial charge on any atom is 0.329 e. The van der Waals surface area contributed by atoms with Gasteiger partial charge in [-0.2, -0.15) is 0 Å². The summed E-state index contributed by atoms with van der Waals surface area (Å²) in [5.74, 6) is -0.956. The van der Waals surface area contributed by atoms with Gasteiger partial charge in [0.05, 0.1) is 0 Å². The van der Waals surface area contributed by atoms with Crippen LogP contribution in [0.3, 0.4) is 0 Å². The largest absolute Gasteiger partial charge is 0.480 e. The minimum atomic E-state index is -1.00. The molecule has 4 heteroatoms. The minimum absolute atomic E-state index is 0.0908. The van der Waals surface area contributed by atoms with Crippen LogP contribution in [-0.2, 0) is 9.59 Å². The van der Waals surface area contributed by atoms with Gasteiger partial charge >= 0.3 is 5.97 Å². The average molecular weight is 408 g/mol. The normalized spacial score (nSPS) is 16.2. The zero-order valence-electron chi connectivity index (χ0n) is 18.9. The van der Waals surface area contributed by atoms with Crippen LogP contribution in [0.1, 0.15) is 129 Å². The fourth-order valence-electron chi connectivity index (χ4n) is 4.23. The molecule has 0 bridgehead atoms. The molecule has 1 rings (SSSR count). The smallest absolute Gasteiger partial charge is 0.329 e. The van der Waals surface area contributed by atoms with Crippen LogP contribution in [0.25, 0.3) is 0 Å². The Morgan fingerprint density at radius 3 is 1.86 bits per heavy atom. The van der Waals surface area contributed by atoms with Gasteiger partial charge in [0.1, 0.15) is 5.54 Å². The van der Waals surface area contributed by atoms with E-state index in [1.807, 2.05) is 0 Å². The summed E-state index contributed by atoms with van der Waals surface area (Å²) in [5, 5.41) is 12.4. The highest BCUT2D eigenvalue weighted by atomic mass is 16.4. The molecule has 29 heavy (non-hydrogen) atoms. The summed E-state index contributed by atoms with van der Waals surface area (Å²) >= 11 is 0. The number of carboxylic acid groups (broad SMARTS) is 1. The molecule has 0 unspecified atom stereocenters. The topological polar surface area (TPSA) is 66.4 Å². The molecule has 1 aliphatic rings. The zero-order valence-corrected chi connectivity index (χ0v) is 18.9. The lowest BCUT2D eigenvalue weighted by Crippen LogP contribution is -2.55. The highest BCUT2D eigenvalue weighted by molar-refractivity contribution is 5.87. The van der Waals surface area contributed by atoms with Gasteiger partial charge in [-0.1, -0.05) is 89.7 Å². The Morgan fingerprint density at radius 2 is 1.31 bits per heavy atom. The van der Waals surface area contributed by atoms with Crippen LogP contribution in [0.2, 0.25) is 0 Å². The van der Waals surface area contributed by atoms with Gasteiger partial charge in [-0.25, -0.2) is 4.79 Å². The van der Waals surface area contributed by atoms with Crippen molar-refractivity contribution >= 4 is 11.9 Å². The van der Waals surface area contributed by atoms with Crippen LogP contribution in [0, 0.1) is 0 Å². The van der Waals surface area contributed by atoms with E-state index in [1.165, 1.54) is 57.8 Å². The van der Waals surface area contributed by atoms with Gasteiger partial charge in [0, 0.05) is 6.42 Å². The van der Waals surface area contributed by atoms with E-state index in [9.17, 15) is 14.7 Å². The molecule has 1 fully saturated rings. The number of aliphatic carboxylic acids is 1. The molecule has 0 atom stereocenters. The minimum Gasteiger partial charge on any atom is -0.480 e. The maximum atomic E-state index is 12.2. The van der Waals surface area contributed by atoms with Crippen molar-refractivity contribution in [3.8, 4) is 0 Å². The summed E-state index contributed by atoms with van der Waals surface area (Å²) in [6.07, 6.45) is 25.2. The number of rotatable bonds is 17. The third kappa shape index (κ3) is 12.1. The summed E-state index contributed by atoms with van der Waals surface area (Å²) in [5.41, 5.74) is -1.00. The Labute approximate surface area is 178 Å². The number of carboxylic acids is 1. The highest BCUT2D eigenvalue weighted by Crippen LogP contribution is 2.28. The van der Waals surface area contributed by atoms with E-state index in [0.29, 0.717) is 19.3 Å². The first-order valence-corrected chi connectivity index (χ1v) is 12.3. The predicted molar refractivity (Wildman–Crippen MR) is 121 cm³/mol. The highest BCUT2D eigenvalue weighted by Gasteiger charge is 2.40. The summed E-state index contributed by atoms with van der Waals surface area (Å²) in [7, 11) is 0. The van der Waals surface area contributed by atoms with E-state index in [2.05, 4.69) is 24.4 Å². The van der Waals surface area contributed by atoms with E-state index in [4.69, 9.17) is 0 Å². The second kappa shape index (κ2) is 16.5. The number of amides is 1. The summed E-state index contributed by atoms with van der Waals surface area (Å²) in [6.45, 7) is 2.26. The van der Waals surface area contributed by atoms with Gasteiger partial charge in [-0.3, -0.25) is 4.79 Å². The molecule has 0 saturated heterocycles. The zero-order chi connectivity index (χ0) is 21.2. The van der Waals surface area contributed by atoms with Gasteiger partial charge in [-0.05, 0) is 44.9 Å². The van der Waals surface area contributed by atoms with Gasteiger partial charge in [0.2, 0.25) is 5.91 Å². The molecule has 0 aliphatic heterocycles. The third-order valence-electron chi connectivity index (χ3n) is 6.16. The van der Waals surface area contributed by atoms with Crippen molar-refractivity contribution in [1.82, 2.24) is 5.32 Å². The lowest BCUT2D eigenvalue weighted by atomic mass is 9.81. The average Bonchev–Trinajstić information content (AvgIpc) is 2.71. The first kappa shape index (κ1) is 25.7. The number of hydrogen-bond acceptors (Lipinski definition) is 2. The molecule has 0 aromatic heterocycles. The van der Waals surface area contributed by atoms with E-state index in [1.54, 1.807) is 0 Å². The van der Waals surface area contributed by atoms with Crippen molar-refractivity contribution in [3.63, 3.8) is 0 Å². The lowest BCUT2D eigenvalue weighted by Gasteiger charge is -2.34. The van der Waals surface area contributed by atoms with Crippen LogP contribution in [0.4, 0.5) is 0 Å². The number of allylic oxidation sites excluding steroid dienone is 2. The summed E-state index contributed by atoms with van der Waals surface area (Å²) in [4.78, 5) is 23.8. The van der Waals surface area contributed by atoms with Crippen molar-refractivity contribution in [3.05, 3.63) is 12.2 Å². The second-order valence-electron chi connectivity index (χ2n) is 8.83. The summed E-state index contributed by atoms with van der Waals surface area (Å²) in [6, 6.07) is 0. The Balaban J connectivity index is 1.95. The Morgan fingerprint density at radius 1 is 0.793 bits per heavy atom. The number of carbonyl (C=O) groups excluding carboxylic acids is 1. The van der Waals surface area contributed by atoms with Crippen molar-refractivity contribution in [1.29, 1.82) is 0 Å². The second-order valence-corrected chi connectivity index (χ2v) is 8.83. The van der Waals surface area contributed by atoms with Gasteiger partial charge in [0.15, 0.2) is 0 Å². The molecule has 0 heterocycles. The quantitative estimate of drug-likeness (QED) is 0.203.